The fourth-order valence-corrected chi connectivity index (χ4v) is 3.59. The maximum atomic E-state index is 13.1. The molecule has 0 spiro atoms. The summed E-state index contributed by atoms with van der Waals surface area (Å²) in [6.45, 7) is 1.02. The molecule has 3 heterocycles. The summed E-state index contributed by atoms with van der Waals surface area (Å²) in [5.74, 6) is 0.752. The van der Waals surface area contributed by atoms with Crippen molar-refractivity contribution in [3.63, 3.8) is 0 Å². The standard InChI is InChI=1S/C20H22N4O6/c1-22-18-13(19(26)23(2)20(22)27)10-14(24(18)7-4-8-28-3)17(25)21-12-5-6-15-16(9-12)30-11-29-15/h5-6,9-10H,4,7-8,11H2,1-3H3,(H,21,25). The topological polar surface area (TPSA) is 106 Å². The Hall–Kier alpha value is -3.53. The van der Waals surface area contributed by atoms with Crippen LogP contribution in [0.5, 0.6) is 11.5 Å². The van der Waals surface area contributed by atoms with Gasteiger partial charge in [0.25, 0.3) is 11.5 Å². The van der Waals surface area contributed by atoms with Crippen molar-refractivity contribution < 1.29 is 19.0 Å². The number of methoxy groups -OCH3 is 1. The van der Waals surface area contributed by atoms with Crippen LogP contribution < -0.4 is 26.0 Å². The van der Waals surface area contributed by atoms with Crippen LogP contribution >= 0.6 is 0 Å². The number of nitrogens with one attached hydrogen (secondary N) is 1. The molecule has 0 radical (unpaired) electrons. The third kappa shape index (κ3) is 3.24. The molecular formula is C20H22N4O6. The Labute approximate surface area is 171 Å². The van der Waals surface area contributed by atoms with E-state index in [1.165, 1.54) is 17.7 Å². The summed E-state index contributed by atoms with van der Waals surface area (Å²) in [5.41, 5.74) is 0.295. The number of ether oxygens (including phenoxy) is 3. The molecule has 1 aliphatic heterocycles. The number of carbonyl (C=O) groups excluding carboxylic acids is 1. The third-order valence-corrected chi connectivity index (χ3v) is 5.09. The van der Waals surface area contributed by atoms with E-state index in [-0.39, 0.29) is 12.5 Å². The molecule has 0 atom stereocenters. The highest BCUT2D eigenvalue weighted by molar-refractivity contribution is 6.06. The van der Waals surface area contributed by atoms with E-state index >= 15 is 0 Å². The molecule has 0 aliphatic carbocycles. The van der Waals surface area contributed by atoms with Gasteiger partial charge in [0, 0.05) is 46.1 Å². The zero-order valence-electron chi connectivity index (χ0n) is 16.9. The fourth-order valence-electron chi connectivity index (χ4n) is 3.59. The Morgan fingerprint density at radius 2 is 1.90 bits per heavy atom. The first-order valence-electron chi connectivity index (χ1n) is 9.41. The zero-order valence-corrected chi connectivity index (χ0v) is 16.9. The summed E-state index contributed by atoms with van der Waals surface area (Å²) in [5, 5.41) is 3.12. The van der Waals surface area contributed by atoms with Crippen LogP contribution in [0.4, 0.5) is 5.69 Å². The summed E-state index contributed by atoms with van der Waals surface area (Å²) in [6.07, 6.45) is 0.605. The molecule has 1 amide bonds. The first kappa shape index (κ1) is 19.8. The number of nitrogens with zero attached hydrogens (tertiary/aromatic N) is 3. The summed E-state index contributed by atoms with van der Waals surface area (Å²) in [6, 6.07) is 6.61. The summed E-state index contributed by atoms with van der Waals surface area (Å²) in [4.78, 5) is 38.2. The lowest BCUT2D eigenvalue weighted by atomic mass is 10.2. The summed E-state index contributed by atoms with van der Waals surface area (Å²) in [7, 11) is 4.59. The molecule has 0 unspecified atom stereocenters. The SMILES string of the molecule is COCCCn1c(C(=O)Nc2ccc3c(c2)OCO3)cc2c(=O)n(C)c(=O)n(C)c21. The minimum atomic E-state index is -0.457. The van der Waals surface area contributed by atoms with Crippen LogP contribution in [0.25, 0.3) is 11.0 Å². The van der Waals surface area contributed by atoms with Crippen molar-refractivity contribution in [1.82, 2.24) is 13.7 Å². The number of anilines is 1. The van der Waals surface area contributed by atoms with E-state index in [1.807, 2.05) is 0 Å². The lowest BCUT2D eigenvalue weighted by Gasteiger charge is -2.13. The number of fused-ring (bicyclic) bond motifs is 2. The molecular weight excluding hydrogens is 392 g/mol. The van der Waals surface area contributed by atoms with E-state index in [2.05, 4.69) is 5.32 Å². The van der Waals surface area contributed by atoms with Gasteiger partial charge >= 0.3 is 5.69 Å². The number of rotatable bonds is 6. The van der Waals surface area contributed by atoms with E-state index < -0.39 is 17.2 Å². The molecule has 10 nitrogen and oxygen atoms in total. The molecule has 1 N–H and O–H groups in total. The largest absolute Gasteiger partial charge is 0.454 e. The Kier molecular flexibility index (Phi) is 5.08. The van der Waals surface area contributed by atoms with Crippen LogP contribution in [0.3, 0.4) is 0 Å². The van der Waals surface area contributed by atoms with Gasteiger partial charge in [-0.15, -0.1) is 0 Å². The van der Waals surface area contributed by atoms with Gasteiger partial charge in [-0.05, 0) is 24.6 Å². The molecule has 1 aromatic carbocycles. The van der Waals surface area contributed by atoms with Crippen LogP contribution in [-0.4, -0.2) is 40.1 Å². The average molecular weight is 414 g/mol. The normalized spacial score (nSPS) is 12.5. The molecule has 158 valence electrons. The van der Waals surface area contributed by atoms with Crippen LogP contribution in [-0.2, 0) is 25.4 Å². The highest BCUT2D eigenvalue weighted by Crippen LogP contribution is 2.34. The van der Waals surface area contributed by atoms with Crippen molar-refractivity contribution in [3.05, 3.63) is 50.8 Å². The van der Waals surface area contributed by atoms with Crippen LogP contribution in [0, 0.1) is 0 Å². The summed E-state index contributed by atoms with van der Waals surface area (Å²) < 4.78 is 19.8. The monoisotopic (exact) mass is 414 g/mol. The number of benzene rings is 1. The molecule has 4 rings (SSSR count). The molecule has 10 heteroatoms. The quantitative estimate of drug-likeness (QED) is 0.605. The number of aromatic nitrogens is 3. The van der Waals surface area contributed by atoms with Gasteiger partial charge < -0.3 is 24.1 Å². The van der Waals surface area contributed by atoms with Crippen LogP contribution in [0.2, 0.25) is 0 Å². The van der Waals surface area contributed by atoms with Crippen LogP contribution in [0.15, 0.2) is 33.9 Å². The first-order valence-corrected chi connectivity index (χ1v) is 9.41. The molecule has 0 fully saturated rings. The smallest absolute Gasteiger partial charge is 0.332 e. The van der Waals surface area contributed by atoms with Gasteiger partial charge in [-0.1, -0.05) is 0 Å². The Morgan fingerprint density at radius 3 is 2.67 bits per heavy atom. The molecule has 1 aliphatic rings. The van der Waals surface area contributed by atoms with E-state index in [0.717, 1.165) is 4.57 Å². The van der Waals surface area contributed by atoms with Crippen molar-refractivity contribution >= 4 is 22.6 Å². The fraction of sp³-hybridized carbons (Fsp3) is 0.350. The minimum absolute atomic E-state index is 0.137. The first-order chi connectivity index (χ1) is 14.4. The number of hydrogen-bond donors (Lipinski definition) is 1. The predicted octanol–water partition coefficient (Wildman–Crippen LogP) is 1.06. The molecule has 2 aromatic heterocycles. The van der Waals surface area contributed by atoms with Gasteiger partial charge in [0.2, 0.25) is 6.79 Å². The zero-order chi connectivity index (χ0) is 21.4. The van der Waals surface area contributed by atoms with Gasteiger partial charge in [-0.2, -0.15) is 0 Å². The lowest BCUT2D eigenvalue weighted by molar-refractivity contribution is 0.101. The molecule has 30 heavy (non-hydrogen) atoms. The molecule has 0 saturated heterocycles. The van der Waals surface area contributed by atoms with E-state index in [9.17, 15) is 14.4 Å². The second kappa shape index (κ2) is 7.71. The molecule has 0 bridgehead atoms. The third-order valence-electron chi connectivity index (χ3n) is 5.09. The van der Waals surface area contributed by atoms with Crippen molar-refractivity contribution in [2.24, 2.45) is 14.1 Å². The number of aryl methyl sites for hydroxylation is 2. The van der Waals surface area contributed by atoms with Gasteiger partial charge in [-0.3, -0.25) is 18.7 Å². The van der Waals surface area contributed by atoms with Gasteiger partial charge in [0.15, 0.2) is 11.5 Å². The van der Waals surface area contributed by atoms with Crippen molar-refractivity contribution in [3.8, 4) is 11.5 Å². The van der Waals surface area contributed by atoms with Crippen molar-refractivity contribution in [2.75, 3.05) is 25.8 Å². The second-order valence-electron chi connectivity index (χ2n) is 6.99. The Morgan fingerprint density at radius 1 is 1.13 bits per heavy atom. The number of hydrogen-bond acceptors (Lipinski definition) is 6. The molecule has 3 aromatic rings. The highest BCUT2D eigenvalue weighted by Gasteiger charge is 2.22. The second-order valence-corrected chi connectivity index (χ2v) is 6.99. The predicted molar refractivity (Wildman–Crippen MR) is 109 cm³/mol. The van der Waals surface area contributed by atoms with Crippen molar-refractivity contribution in [2.45, 2.75) is 13.0 Å². The molecule has 0 saturated carbocycles. The minimum Gasteiger partial charge on any atom is -0.454 e. The Balaban J connectivity index is 1.78. The Bertz CT molecular complexity index is 1250. The van der Waals surface area contributed by atoms with Gasteiger partial charge in [0.05, 0.1) is 5.39 Å². The lowest BCUT2D eigenvalue weighted by Crippen LogP contribution is -2.37. The van der Waals surface area contributed by atoms with Gasteiger partial charge in [0.1, 0.15) is 11.3 Å². The van der Waals surface area contributed by atoms with Crippen molar-refractivity contribution in [1.29, 1.82) is 0 Å². The van der Waals surface area contributed by atoms with E-state index in [4.69, 9.17) is 14.2 Å². The van der Waals surface area contributed by atoms with E-state index in [0.29, 0.717) is 47.8 Å². The van der Waals surface area contributed by atoms with E-state index in [1.54, 1.807) is 36.9 Å². The number of carbonyl (C=O) groups is 1. The number of amides is 1. The van der Waals surface area contributed by atoms with Crippen LogP contribution in [0.1, 0.15) is 16.9 Å². The van der Waals surface area contributed by atoms with Gasteiger partial charge in [-0.25, -0.2) is 4.79 Å². The maximum absolute atomic E-state index is 13.1. The average Bonchev–Trinajstić information content (AvgIpc) is 3.35. The maximum Gasteiger partial charge on any atom is 0.332 e. The highest BCUT2D eigenvalue weighted by atomic mass is 16.7. The summed E-state index contributed by atoms with van der Waals surface area (Å²) >= 11 is 0.